The van der Waals surface area contributed by atoms with E-state index in [1.807, 2.05) is 11.3 Å². The van der Waals surface area contributed by atoms with Gasteiger partial charge < -0.3 is 4.90 Å². The number of hydrogen-bond acceptors (Lipinski definition) is 3. The molecule has 0 saturated heterocycles. The molecule has 0 N–H and O–H groups in total. The Labute approximate surface area is 107 Å². The molecule has 0 amide bonds. The first-order valence-electron chi connectivity index (χ1n) is 5.99. The summed E-state index contributed by atoms with van der Waals surface area (Å²) in [6.45, 7) is 5.30. The molecule has 0 spiro atoms. The summed E-state index contributed by atoms with van der Waals surface area (Å²) < 4.78 is 0. The Morgan fingerprint density at radius 1 is 1.44 bits per heavy atom. The topological polar surface area (TPSA) is 16.1 Å². The van der Waals surface area contributed by atoms with Crippen LogP contribution in [0.2, 0.25) is 0 Å². The van der Waals surface area contributed by atoms with Crippen LogP contribution in [0.5, 0.6) is 0 Å². The lowest BCUT2D eigenvalue weighted by molar-refractivity contribution is 0.385. The Kier molecular flexibility index (Phi) is 4.09. The second-order valence-corrected chi connectivity index (χ2v) is 6.02. The second kappa shape index (κ2) is 5.37. The molecule has 0 aromatic carbocycles. The minimum absolute atomic E-state index is 0.716. The van der Waals surface area contributed by atoms with E-state index in [0.717, 1.165) is 18.8 Å². The first-order chi connectivity index (χ1) is 7.72. The lowest BCUT2D eigenvalue weighted by atomic mass is 9.92. The standard InChI is InChI=1S/C12H19ClN2S/c1-9-10(2)16-12(14-9)15(8-4-7-13)11-5-3-6-11/h11H,3-8H2,1-2H3. The van der Waals surface area contributed by atoms with E-state index < -0.39 is 0 Å². The van der Waals surface area contributed by atoms with Gasteiger partial charge in [-0.25, -0.2) is 4.98 Å². The highest BCUT2D eigenvalue weighted by molar-refractivity contribution is 7.15. The van der Waals surface area contributed by atoms with E-state index >= 15 is 0 Å². The van der Waals surface area contributed by atoms with Gasteiger partial charge in [0.05, 0.1) is 5.69 Å². The maximum absolute atomic E-state index is 5.79. The fourth-order valence-electron chi connectivity index (χ4n) is 1.94. The van der Waals surface area contributed by atoms with Crippen molar-refractivity contribution >= 4 is 28.1 Å². The average molecular weight is 259 g/mol. The van der Waals surface area contributed by atoms with Crippen LogP contribution in [0.3, 0.4) is 0 Å². The van der Waals surface area contributed by atoms with Crippen LogP contribution in [0, 0.1) is 13.8 Å². The van der Waals surface area contributed by atoms with Crippen LogP contribution in [-0.4, -0.2) is 23.5 Å². The number of thiazole rings is 1. The number of anilines is 1. The van der Waals surface area contributed by atoms with Crippen LogP contribution in [0.25, 0.3) is 0 Å². The fraction of sp³-hybridized carbons (Fsp3) is 0.750. The summed E-state index contributed by atoms with van der Waals surface area (Å²) in [5.74, 6) is 0.743. The predicted molar refractivity (Wildman–Crippen MR) is 71.9 cm³/mol. The van der Waals surface area contributed by atoms with E-state index in [-0.39, 0.29) is 0 Å². The number of nitrogens with zero attached hydrogens (tertiary/aromatic N) is 2. The molecule has 16 heavy (non-hydrogen) atoms. The Bertz CT molecular complexity index is 327. The van der Waals surface area contributed by atoms with Crippen molar-refractivity contribution in [3.05, 3.63) is 10.6 Å². The van der Waals surface area contributed by atoms with Gasteiger partial charge in [-0.2, -0.15) is 0 Å². The van der Waals surface area contributed by atoms with Gasteiger partial charge in [-0.1, -0.05) is 0 Å². The van der Waals surface area contributed by atoms with Gasteiger partial charge in [-0.3, -0.25) is 0 Å². The molecule has 1 aromatic rings. The Hall–Kier alpha value is -0.280. The molecular formula is C12H19ClN2S. The lowest BCUT2D eigenvalue weighted by Crippen LogP contribution is -2.41. The van der Waals surface area contributed by atoms with Crippen molar-refractivity contribution < 1.29 is 0 Å². The van der Waals surface area contributed by atoms with E-state index in [0.29, 0.717) is 6.04 Å². The van der Waals surface area contributed by atoms with E-state index in [1.165, 1.54) is 35.0 Å². The zero-order valence-corrected chi connectivity index (χ0v) is 11.6. The normalized spacial score (nSPS) is 16.2. The van der Waals surface area contributed by atoms with Crippen LogP contribution in [0.4, 0.5) is 5.13 Å². The molecule has 0 atom stereocenters. The van der Waals surface area contributed by atoms with Crippen molar-refractivity contribution in [2.45, 2.75) is 45.6 Å². The van der Waals surface area contributed by atoms with Crippen molar-refractivity contribution in [1.29, 1.82) is 0 Å². The smallest absolute Gasteiger partial charge is 0.186 e. The summed E-state index contributed by atoms with van der Waals surface area (Å²) in [5.41, 5.74) is 1.18. The van der Waals surface area contributed by atoms with Crippen LogP contribution in [0.1, 0.15) is 36.3 Å². The zero-order valence-electron chi connectivity index (χ0n) is 10.0. The molecule has 1 aliphatic carbocycles. The van der Waals surface area contributed by atoms with E-state index in [4.69, 9.17) is 11.6 Å². The predicted octanol–water partition coefficient (Wildman–Crippen LogP) is 3.75. The zero-order chi connectivity index (χ0) is 11.5. The monoisotopic (exact) mass is 258 g/mol. The summed E-state index contributed by atoms with van der Waals surface area (Å²) in [4.78, 5) is 8.47. The summed E-state index contributed by atoms with van der Waals surface area (Å²) in [6, 6.07) is 0.716. The second-order valence-electron chi connectivity index (χ2n) is 4.46. The largest absolute Gasteiger partial charge is 0.345 e. The molecule has 90 valence electrons. The number of aromatic nitrogens is 1. The van der Waals surface area contributed by atoms with Crippen LogP contribution >= 0.6 is 22.9 Å². The summed E-state index contributed by atoms with van der Waals surface area (Å²) in [5, 5.41) is 1.20. The lowest BCUT2D eigenvalue weighted by Gasteiger charge is -2.37. The highest BCUT2D eigenvalue weighted by Gasteiger charge is 2.26. The quantitative estimate of drug-likeness (QED) is 0.748. The van der Waals surface area contributed by atoms with Gasteiger partial charge >= 0.3 is 0 Å². The maximum atomic E-state index is 5.79. The van der Waals surface area contributed by atoms with Gasteiger partial charge in [0.25, 0.3) is 0 Å². The van der Waals surface area contributed by atoms with E-state index in [1.54, 1.807) is 0 Å². The molecule has 1 aliphatic rings. The Balaban J connectivity index is 2.10. The number of rotatable bonds is 5. The molecule has 4 heteroatoms. The van der Waals surface area contributed by atoms with Gasteiger partial charge in [0.1, 0.15) is 0 Å². The minimum atomic E-state index is 0.716. The van der Waals surface area contributed by atoms with Gasteiger partial charge in [-0.05, 0) is 39.5 Å². The minimum Gasteiger partial charge on any atom is -0.345 e. The van der Waals surface area contributed by atoms with Crippen LogP contribution in [-0.2, 0) is 0 Å². The van der Waals surface area contributed by atoms with Crippen molar-refractivity contribution in [2.24, 2.45) is 0 Å². The van der Waals surface area contributed by atoms with Crippen molar-refractivity contribution in [3.63, 3.8) is 0 Å². The fourth-order valence-corrected chi connectivity index (χ4v) is 3.07. The third-order valence-electron chi connectivity index (χ3n) is 3.31. The van der Waals surface area contributed by atoms with Gasteiger partial charge in [0.2, 0.25) is 0 Å². The highest BCUT2D eigenvalue weighted by Crippen LogP contribution is 2.33. The molecule has 1 aromatic heterocycles. The molecule has 0 aliphatic heterocycles. The van der Waals surface area contributed by atoms with Gasteiger partial charge in [-0.15, -0.1) is 22.9 Å². The Morgan fingerprint density at radius 3 is 2.62 bits per heavy atom. The Morgan fingerprint density at radius 2 is 2.19 bits per heavy atom. The number of halogens is 1. The highest BCUT2D eigenvalue weighted by atomic mass is 35.5. The third-order valence-corrected chi connectivity index (χ3v) is 4.69. The van der Waals surface area contributed by atoms with Crippen LogP contribution < -0.4 is 4.90 Å². The first kappa shape index (κ1) is 12.2. The van der Waals surface area contributed by atoms with E-state index in [9.17, 15) is 0 Å². The molecular weight excluding hydrogens is 240 g/mol. The summed E-state index contributed by atoms with van der Waals surface area (Å²) >= 11 is 7.61. The van der Waals surface area contributed by atoms with Gasteiger partial charge in [0.15, 0.2) is 5.13 Å². The van der Waals surface area contributed by atoms with E-state index in [2.05, 4.69) is 23.7 Å². The summed E-state index contributed by atoms with van der Waals surface area (Å²) in [6.07, 6.45) is 5.06. The van der Waals surface area contributed by atoms with Crippen molar-refractivity contribution in [3.8, 4) is 0 Å². The molecule has 2 rings (SSSR count). The number of aryl methyl sites for hydroxylation is 2. The molecule has 0 bridgehead atoms. The SMILES string of the molecule is Cc1nc(N(CCCCl)C2CCC2)sc1C. The molecule has 1 heterocycles. The third kappa shape index (κ3) is 2.51. The maximum Gasteiger partial charge on any atom is 0.186 e. The molecule has 2 nitrogen and oxygen atoms in total. The van der Waals surface area contributed by atoms with Crippen molar-refractivity contribution in [1.82, 2.24) is 4.98 Å². The van der Waals surface area contributed by atoms with Gasteiger partial charge in [0, 0.05) is 23.3 Å². The van der Waals surface area contributed by atoms with Crippen LogP contribution in [0.15, 0.2) is 0 Å². The van der Waals surface area contributed by atoms with Crippen molar-refractivity contribution in [2.75, 3.05) is 17.3 Å². The molecule has 1 fully saturated rings. The number of hydrogen-bond donors (Lipinski definition) is 0. The number of alkyl halides is 1. The molecule has 0 radical (unpaired) electrons. The molecule has 1 saturated carbocycles. The summed E-state index contributed by atoms with van der Waals surface area (Å²) in [7, 11) is 0. The first-order valence-corrected chi connectivity index (χ1v) is 7.34. The molecule has 0 unspecified atom stereocenters. The average Bonchev–Trinajstić information content (AvgIpc) is 2.50.